The van der Waals surface area contributed by atoms with Crippen LogP contribution in [0.1, 0.15) is 18.4 Å². The molecule has 8 heteroatoms. The van der Waals surface area contributed by atoms with Gasteiger partial charge in [-0.15, -0.1) is 24.8 Å². The smallest absolute Gasteiger partial charge is 0.336 e. The molecule has 0 aliphatic carbocycles. The van der Waals surface area contributed by atoms with E-state index in [1.807, 2.05) is 6.92 Å². The Labute approximate surface area is 146 Å². The maximum Gasteiger partial charge on any atom is 0.336 e. The second kappa shape index (κ2) is 9.52. The molecule has 0 saturated carbocycles. The molecule has 6 nitrogen and oxygen atoms in total. The Balaban J connectivity index is 0.00000242. The first-order valence-corrected chi connectivity index (χ1v) is 6.82. The number of anilines is 1. The molecule has 0 aliphatic rings. The predicted molar refractivity (Wildman–Crippen MR) is 96.6 cm³/mol. The normalized spacial score (nSPS) is 11.3. The van der Waals surface area contributed by atoms with E-state index in [2.05, 4.69) is 5.32 Å². The van der Waals surface area contributed by atoms with Crippen LogP contribution in [0.2, 0.25) is 0 Å². The molecule has 0 bridgehead atoms. The van der Waals surface area contributed by atoms with Gasteiger partial charge < -0.3 is 21.2 Å². The first kappa shape index (κ1) is 21.4. The van der Waals surface area contributed by atoms with Crippen LogP contribution in [0.4, 0.5) is 5.69 Å². The van der Waals surface area contributed by atoms with Gasteiger partial charge in [0.1, 0.15) is 5.58 Å². The summed E-state index contributed by atoms with van der Waals surface area (Å²) in [6.45, 7) is 2.33. The summed E-state index contributed by atoms with van der Waals surface area (Å²) in [6, 6.07) is 6.01. The molecule has 0 fully saturated rings. The van der Waals surface area contributed by atoms with Crippen molar-refractivity contribution in [3.63, 3.8) is 0 Å². The van der Waals surface area contributed by atoms with Crippen LogP contribution in [0.3, 0.4) is 0 Å². The molecule has 23 heavy (non-hydrogen) atoms. The second-order valence-corrected chi connectivity index (χ2v) is 4.99. The fourth-order valence-electron chi connectivity index (χ4n) is 2.11. The van der Waals surface area contributed by atoms with E-state index < -0.39 is 11.7 Å². The number of aryl methyl sites for hydroxylation is 1. The van der Waals surface area contributed by atoms with Crippen molar-refractivity contribution in [2.24, 2.45) is 11.5 Å². The van der Waals surface area contributed by atoms with Crippen LogP contribution in [-0.2, 0) is 4.79 Å². The van der Waals surface area contributed by atoms with Gasteiger partial charge in [-0.05, 0) is 44.0 Å². The van der Waals surface area contributed by atoms with E-state index in [-0.39, 0.29) is 30.7 Å². The number of amides is 1. The van der Waals surface area contributed by atoms with Gasteiger partial charge >= 0.3 is 5.63 Å². The molecular formula is C15H21Cl2N3O3. The molecule has 2 rings (SSSR count). The van der Waals surface area contributed by atoms with E-state index in [0.717, 1.165) is 10.9 Å². The molecule has 1 atom stereocenters. The second-order valence-electron chi connectivity index (χ2n) is 4.99. The molecule has 0 spiro atoms. The molecule has 0 saturated heterocycles. The number of carbonyl (C=O) groups excluding carboxylic acids is 1. The average Bonchev–Trinajstić information content (AvgIpc) is 2.44. The summed E-state index contributed by atoms with van der Waals surface area (Å²) in [5.41, 5.74) is 12.6. The molecule has 1 heterocycles. The first-order chi connectivity index (χ1) is 10.0. The highest BCUT2D eigenvalue weighted by Crippen LogP contribution is 2.20. The molecule has 5 N–H and O–H groups in total. The number of fused-ring (bicyclic) bond motifs is 1. The highest BCUT2D eigenvalue weighted by atomic mass is 35.5. The van der Waals surface area contributed by atoms with Gasteiger partial charge in [0.2, 0.25) is 5.91 Å². The highest BCUT2D eigenvalue weighted by Gasteiger charge is 2.13. The zero-order chi connectivity index (χ0) is 15.4. The molecule has 0 radical (unpaired) electrons. The van der Waals surface area contributed by atoms with Crippen LogP contribution >= 0.6 is 24.8 Å². The Morgan fingerprint density at radius 1 is 1.30 bits per heavy atom. The summed E-state index contributed by atoms with van der Waals surface area (Å²) in [4.78, 5) is 23.3. The van der Waals surface area contributed by atoms with Gasteiger partial charge in [-0.3, -0.25) is 4.79 Å². The van der Waals surface area contributed by atoms with Gasteiger partial charge in [0.25, 0.3) is 0 Å². The minimum atomic E-state index is -0.603. The van der Waals surface area contributed by atoms with Gasteiger partial charge in [0, 0.05) is 23.2 Å². The number of carbonyl (C=O) groups is 1. The third-order valence-electron chi connectivity index (χ3n) is 3.27. The summed E-state index contributed by atoms with van der Waals surface area (Å²) >= 11 is 0. The quantitative estimate of drug-likeness (QED) is 0.704. The third kappa shape index (κ3) is 5.51. The van der Waals surface area contributed by atoms with E-state index in [1.54, 1.807) is 18.2 Å². The highest BCUT2D eigenvalue weighted by molar-refractivity contribution is 5.96. The van der Waals surface area contributed by atoms with Crippen molar-refractivity contribution in [2.75, 3.05) is 11.9 Å². The van der Waals surface area contributed by atoms with Gasteiger partial charge in [-0.1, -0.05) is 0 Å². The zero-order valence-corrected chi connectivity index (χ0v) is 14.3. The Bertz CT molecular complexity index is 719. The number of hydrogen-bond donors (Lipinski definition) is 3. The fraction of sp³-hybridized carbons (Fsp3) is 0.333. The summed E-state index contributed by atoms with van der Waals surface area (Å²) in [5, 5.41) is 3.55. The van der Waals surface area contributed by atoms with Crippen molar-refractivity contribution < 1.29 is 9.21 Å². The van der Waals surface area contributed by atoms with E-state index >= 15 is 0 Å². The van der Waals surface area contributed by atoms with E-state index in [1.165, 1.54) is 6.07 Å². The lowest BCUT2D eigenvalue weighted by molar-refractivity contribution is -0.117. The van der Waals surface area contributed by atoms with Crippen molar-refractivity contribution in [1.29, 1.82) is 0 Å². The summed E-state index contributed by atoms with van der Waals surface area (Å²) < 4.78 is 5.14. The minimum Gasteiger partial charge on any atom is -0.423 e. The first-order valence-electron chi connectivity index (χ1n) is 6.82. The van der Waals surface area contributed by atoms with Gasteiger partial charge in [-0.25, -0.2) is 4.79 Å². The Morgan fingerprint density at radius 3 is 2.65 bits per heavy atom. The number of hydrogen-bond acceptors (Lipinski definition) is 5. The zero-order valence-electron chi connectivity index (χ0n) is 12.7. The van der Waals surface area contributed by atoms with E-state index in [0.29, 0.717) is 30.7 Å². The molecule has 128 valence electrons. The minimum absolute atomic E-state index is 0. The molecule has 1 aromatic heterocycles. The Morgan fingerprint density at radius 2 is 2.00 bits per heavy atom. The van der Waals surface area contributed by atoms with Crippen LogP contribution < -0.4 is 22.4 Å². The summed E-state index contributed by atoms with van der Waals surface area (Å²) in [7, 11) is 0. The number of nitrogens with one attached hydrogen (secondary N) is 1. The molecule has 1 aromatic carbocycles. The molecule has 0 aliphatic heterocycles. The van der Waals surface area contributed by atoms with Crippen molar-refractivity contribution in [1.82, 2.24) is 0 Å². The molecular weight excluding hydrogens is 341 g/mol. The predicted octanol–water partition coefficient (Wildman–Crippen LogP) is 1.95. The Kier molecular flexibility index (Phi) is 8.86. The monoisotopic (exact) mass is 361 g/mol. The van der Waals surface area contributed by atoms with Crippen molar-refractivity contribution in [3.8, 4) is 0 Å². The van der Waals surface area contributed by atoms with Gasteiger partial charge in [0.05, 0.1) is 6.04 Å². The lowest BCUT2D eigenvalue weighted by Gasteiger charge is -2.12. The standard InChI is InChI=1S/C15H19N3O3.2ClH/c1-9-7-14(19)21-13-8-10(4-5-11(9)13)18-15(20)12(17)3-2-6-16;;/h4-5,7-8,12H,2-3,6,16-17H2,1H3,(H,18,20);2*1H/t12-;;/m0../s1. The summed E-state index contributed by atoms with van der Waals surface area (Å²) in [5.74, 6) is -0.280. The van der Waals surface area contributed by atoms with Crippen LogP contribution in [-0.4, -0.2) is 18.5 Å². The lowest BCUT2D eigenvalue weighted by atomic mass is 10.1. The maximum absolute atomic E-state index is 11.9. The van der Waals surface area contributed by atoms with Crippen molar-refractivity contribution in [2.45, 2.75) is 25.8 Å². The van der Waals surface area contributed by atoms with Crippen LogP contribution in [0.15, 0.2) is 33.5 Å². The average molecular weight is 362 g/mol. The SMILES string of the molecule is Cc1cc(=O)oc2cc(NC(=O)[C@@H](N)CCCN)ccc12.Cl.Cl. The van der Waals surface area contributed by atoms with Crippen LogP contribution in [0.25, 0.3) is 11.0 Å². The lowest BCUT2D eigenvalue weighted by Crippen LogP contribution is -2.35. The van der Waals surface area contributed by atoms with Crippen LogP contribution in [0, 0.1) is 6.92 Å². The van der Waals surface area contributed by atoms with Crippen LogP contribution in [0.5, 0.6) is 0 Å². The van der Waals surface area contributed by atoms with Crippen molar-refractivity contribution in [3.05, 3.63) is 40.2 Å². The number of rotatable bonds is 5. The van der Waals surface area contributed by atoms with Crippen molar-refractivity contribution >= 4 is 47.4 Å². The molecule has 0 unspecified atom stereocenters. The van der Waals surface area contributed by atoms with Gasteiger partial charge in [0.15, 0.2) is 0 Å². The fourth-order valence-corrected chi connectivity index (χ4v) is 2.11. The Hall–Kier alpha value is -1.60. The van der Waals surface area contributed by atoms with E-state index in [9.17, 15) is 9.59 Å². The topological polar surface area (TPSA) is 111 Å². The third-order valence-corrected chi connectivity index (χ3v) is 3.27. The maximum atomic E-state index is 11.9. The number of nitrogens with two attached hydrogens (primary N) is 2. The molecule has 2 aromatic rings. The van der Waals surface area contributed by atoms with Gasteiger partial charge in [-0.2, -0.15) is 0 Å². The summed E-state index contributed by atoms with van der Waals surface area (Å²) in [6.07, 6.45) is 1.23. The number of halogens is 2. The van der Waals surface area contributed by atoms with E-state index in [4.69, 9.17) is 15.9 Å². The number of benzene rings is 1. The molecule has 1 amide bonds. The largest absolute Gasteiger partial charge is 0.423 e.